The molecule has 3 unspecified atom stereocenters. The van der Waals surface area contributed by atoms with E-state index in [0.717, 1.165) is 19.4 Å². The van der Waals surface area contributed by atoms with E-state index < -0.39 is 0 Å². The number of halogens is 1. The molecular formula is C21H29ClN2O. The van der Waals surface area contributed by atoms with E-state index in [1.54, 1.807) is 0 Å². The van der Waals surface area contributed by atoms with Gasteiger partial charge in [-0.1, -0.05) is 56.3 Å². The second kappa shape index (κ2) is 8.20. The summed E-state index contributed by atoms with van der Waals surface area (Å²) in [6.07, 6.45) is 1.84. The lowest BCUT2D eigenvalue weighted by Gasteiger charge is -2.21. The molecule has 136 valence electrons. The van der Waals surface area contributed by atoms with Gasteiger partial charge >= 0.3 is 0 Å². The van der Waals surface area contributed by atoms with Crippen LogP contribution >= 0.6 is 12.4 Å². The summed E-state index contributed by atoms with van der Waals surface area (Å²) >= 11 is 0. The fourth-order valence-corrected chi connectivity index (χ4v) is 3.34. The maximum Gasteiger partial charge on any atom is 0.226 e. The van der Waals surface area contributed by atoms with Crippen molar-refractivity contribution in [2.24, 2.45) is 17.6 Å². The van der Waals surface area contributed by atoms with Gasteiger partial charge in [-0.05, 0) is 41.0 Å². The maximum atomic E-state index is 12.6. The molecule has 2 aromatic carbocycles. The third-order valence-electron chi connectivity index (χ3n) is 5.34. The topological polar surface area (TPSA) is 46.3 Å². The van der Waals surface area contributed by atoms with E-state index in [9.17, 15) is 4.79 Å². The Morgan fingerprint density at radius 3 is 2.56 bits per heavy atom. The van der Waals surface area contributed by atoms with Crippen LogP contribution < -0.4 is 5.73 Å². The number of hydrogen-bond donors (Lipinski definition) is 1. The van der Waals surface area contributed by atoms with E-state index in [1.807, 2.05) is 11.9 Å². The number of carbonyl (C=O) groups excluding carboxylic acids is 1. The van der Waals surface area contributed by atoms with Gasteiger partial charge in [0.05, 0.1) is 0 Å². The van der Waals surface area contributed by atoms with Gasteiger partial charge in [-0.25, -0.2) is 0 Å². The number of nitrogens with zero attached hydrogens (tertiary/aromatic N) is 1. The molecule has 3 nitrogen and oxygen atoms in total. The van der Waals surface area contributed by atoms with Crippen LogP contribution in [0.2, 0.25) is 0 Å². The highest BCUT2D eigenvalue weighted by Crippen LogP contribution is 2.48. The molecule has 3 atom stereocenters. The standard InChI is InChI=1S/C21H28N2O.ClH/c1-14(2)20(22)10-11-23(3)21(24)19-13-18(19)17-9-8-15-6-4-5-7-16(15)12-17;/h4-9,12,14,18-20H,10-11,13,22H2,1-3H3;1H. The van der Waals surface area contributed by atoms with E-state index in [-0.39, 0.29) is 30.3 Å². The van der Waals surface area contributed by atoms with E-state index in [0.29, 0.717) is 11.8 Å². The Bertz CT molecular complexity index is 731. The minimum atomic E-state index is 0. The van der Waals surface area contributed by atoms with Crippen molar-refractivity contribution in [2.45, 2.75) is 38.6 Å². The molecule has 0 radical (unpaired) electrons. The zero-order valence-corrected chi connectivity index (χ0v) is 16.1. The van der Waals surface area contributed by atoms with Crippen LogP contribution in [0.3, 0.4) is 0 Å². The van der Waals surface area contributed by atoms with Crippen molar-refractivity contribution in [3.05, 3.63) is 48.0 Å². The summed E-state index contributed by atoms with van der Waals surface area (Å²) in [5, 5.41) is 2.51. The largest absolute Gasteiger partial charge is 0.345 e. The first-order valence-corrected chi connectivity index (χ1v) is 8.96. The van der Waals surface area contributed by atoms with Crippen LogP contribution in [0.25, 0.3) is 10.8 Å². The Labute approximate surface area is 157 Å². The summed E-state index contributed by atoms with van der Waals surface area (Å²) in [5.41, 5.74) is 7.38. The molecule has 1 aliphatic rings. The molecule has 1 saturated carbocycles. The Balaban J connectivity index is 0.00000225. The lowest BCUT2D eigenvalue weighted by molar-refractivity contribution is -0.131. The number of fused-ring (bicyclic) bond motifs is 1. The number of nitrogens with two attached hydrogens (primary N) is 1. The van der Waals surface area contributed by atoms with Crippen molar-refractivity contribution in [3.63, 3.8) is 0 Å². The first-order valence-electron chi connectivity index (χ1n) is 8.96. The highest BCUT2D eigenvalue weighted by molar-refractivity contribution is 5.86. The molecule has 4 heteroatoms. The summed E-state index contributed by atoms with van der Waals surface area (Å²) in [6, 6.07) is 15.1. The fourth-order valence-electron chi connectivity index (χ4n) is 3.34. The van der Waals surface area contributed by atoms with Crippen LogP contribution in [-0.2, 0) is 4.79 Å². The van der Waals surface area contributed by atoms with Gasteiger partial charge in [0, 0.05) is 25.6 Å². The SMILES string of the molecule is CC(C)C(N)CCN(C)C(=O)C1CC1c1ccc2ccccc2c1.Cl. The van der Waals surface area contributed by atoms with Crippen molar-refractivity contribution >= 4 is 29.1 Å². The smallest absolute Gasteiger partial charge is 0.226 e. The molecule has 25 heavy (non-hydrogen) atoms. The number of hydrogen-bond acceptors (Lipinski definition) is 2. The highest BCUT2D eigenvalue weighted by atomic mass is 35.5. The van der Waals surface area contributed by atoms with Crippen molar-refractivity contribution in [2.75, 3.05) is 13.6 Å². The lowest BCUT2D eigenvalue weighted by Crippen LogP contribution is -2.35. The van der Waals surface area contributed by atoms with Crippen LogP contribution in [0.4, 0.5) is 0 Å². The molecule has 1 fully saturated rings. The molecule has 0 spiro atoms. The number of carbonyl (C=O) groups is 1. The van der Waals surface area contributed by atoms with E-state index in [2.05, 4.69) is 56.3 Å². The van der Waals surface area contributed by atoms with E-state index in [1.165, 1.54) is 16.3 Å². The average molecular weight is 361 g/mol. The normalized spacial score (nSPS) is 20.2. The van der Waals surface area contributed by atoms with E-state index in [4.69, 9.17) is 5.73 Å². The monoisotopic (exact) mass is 360 g/mol. The summed E-state index contributed by atoms with van der Waals surface area (Å²) in [6.45, 7) is 5.01. The van der Waals surface area contributed by atoms with Crippen LogP contribution in [-0.4, -0.2) is 30.4 Å². The first kappa shape index (κ1) is 19.7. The van der Waals surface area contributed by atoms with Gasteiger partial charge in [0.2, 0.25) is 5.91 Å². The van der Waals surface area contributed by atoms with Crippen molar-refractivity contribution < 1.29 is 4.79 Å². The average Bonchev–Trinajstić information content (AvgIpc) is 3.38. The number of benzene rings is 2. The maximum absolute atomic E-state index is 12.6. The number of rotatable bonds is 6. The predicted molar refractivity (Wildman–Crippen MR) is 107 cm³/mol. The Kier molecular flexibility index (Phi) is 6.47. The first-order chi connectivity index (χ1) is 11.5. The fraction of sp³-hybridized carbons (Fsp3) is 0.476. The second-order valence-corrected chi connectivity index (χ2v) is 7.51. The molecular weight excluding hydrogens is 332 g/mol. The zero-order valence-electron chi connectivity index (χ0n) is 15.3. The third-order valence-corrected chi connectivity index (χ3v) is 5.34. The molecule has 0 aliphatic heterocycles. The van der Waals surface area contributed by atoms with E-state index >= 15 is 0 Å². The van der Waals surface area contributed by atoms with Gasteiger partial charge < -0.3 is 10.6 Å². The minimum Gasteiger partial charge on any atom is -0.345 e. The summed E-state index contributed by atoms with van der Waals surface area (Å²) in [7, 11) is 1.91. The number of amides is 1. The van der Waals surface area contributed by atoms with Gasteiger partial charge in [0.1, 0.15) is 0 Å². The molecule has 2 aromatic rings. The van der Waals surface area contributed by atoms with Gasteiger partial charge in [0.15, 0.2) is 0 Å². The zero-order chi connectivity index (χ0) is 17.3. The molecule has 1 aliphatic carbocycles. The molecule has 2 N–H and O–H groups in total. The molecule has 1 amide bonds. The van der Waals surface area contributed by atoms with Crippen LogP contribution in [0.5, 0.6) is 0 Å². The Morgan fingerprint density at radius 1 is 1.20 bits per heavy atom. The van der Waals surface area contributed by atoms with Gasteiger partial charge in [0.25, 0.3) is 0 Å². The summed E-state index contributed by atoms with van der Waals surface area (Å²) < 4.78 is 0. The molecule has 3 rings (SSSR count). The van der Waals surface area contributed by atoms with Crippen LogP contribution in [0.1, 0.15) is 38.2 Å². The van der Waals surface area contributed by atoms with Crippen LogP contribution in [0.15, 0.2) is 42.5 Å². The van der Waals surface area contributed by atoms with Gasteiger partial charge in [-0.3, -0.25) is 4.79 Å². The minimum absolute atomic E-state index is 0. The van der Waals surface area contributed by atoms with Crippen LogP contribution in [0, 0.1) is 11.8 Å². The van der Waals surface area contributed by atoms with Crippen molar-refractivity contribution in [1.82, 2.24) is 4.90 Å². The summed E-state index contributed by atoms with van der Waals surface area (Å²) in [5.74, 6) is 1.25. The quantitative estimate of drug-likeness (QED) is 0.839. The Hall–Kier alpha value is -1.58. The molecule has 0 bridgehead atoms. The molecule has 0 heterocycles. The van der Waals surface area contributed by atoms with Crippen molar-refractivity contribution in [1.29, 1.82) is 0 Å². The summed E-state index contributed by atoms with van der Waals surface area (Å²) in [4.78, 5) is 14.5. The van der Waals surface area contributed by atoms with Gasteiger partial charge in [-0.2, -0.15) is 0 Å². The Morgan fingerprint density at radius 2 is 1.88 bits per heavy atom. The van der Waals surface area contributed by atoms with Crippen molar-refractivity contribution in [3.8, 4) is 0 Å². The lowest BCUT2D eigenvalue weighted by atomic mass is 10.0. The second-order valence-electron chi connectivity index (χ2n) is 7.51. The molecule has 0 saturated heterocycles. The molecule has 0 aromatic heterocycles. The predicted octanol–water partition coefficient (Wildman–Crippen LogP) is 4.20. The highest BCUT2D eigenvalue weighted by Gasteiger charge is 2.45. The third kappa shape index (κ3) is 4.53. The van der Waals surface area contributed by atoms with Gasteiger partial charge in [-0.15, -0.1) is 12.4 Å².